The van der Waals surface area contributed by atoms with Crippen LogP contribution in [0.2, 0.25) is 0 Å². The molecule has 0 fully saturated rings. The Morgan fingerprint density at radius 3 is 1.42 bits per heavy atom. The van der Waals surface area contributed by atoms with Gasteiger partial charge in [0.2, 0.25) is 0 Å². The Kier molecular flexibility index (Phi) is 18.9. The van der Waals surface area contributed by atoms with Crippen LogP contribution in [-0.4, -0.2) is 72.4 Å². The number of hydrogen-bond acceptors (Lipinski definition) is 6. The van der Waals surface area contributed by atoms with Gasteiger partial charge in [0.05, 0.1) is 52.9 Å². The zero-order valence-corrected chi connectivity index (χ0v) is 16.1. The molecule has 6 nitrogen and oxygen atoms in total. The zero-order valence-electron chi connectivity index (χ0n) is 16.1. The Bertz CT molecular complexity index is 222. The predicted molar refractivity (Wildman–Crippen MR) is 94.4 cm³/mol. The lowest BCUT2D eigenvalue weighted by Gasteiger charge is -2.24. The molecule has 24 heavy (non-hydrogen) atoms. The molecule has 1 atom stereocenters. The summed E-state index contributed by atoms with van der Waals surface area (Å²) in [4.78, 5) is 0. The highest BCUT2D eigenvalue weighted by Crippen LogP contribution is 2.15. The third kappa shape index (κ3) is 15.3. The molecule has 0 heterocycles. The molecule has 1 unspecified atom stereocenters. The van der Waals surface area contributed by atoms with E-state index in [1.54, 1.807) is 0 Å². The largest absolute Gasteiger partial charge is 0.379 e. The summed E-state index contributed by atoms with van der Waals surface area (Å²) in [7, 11) is 0. The molecular formula is C18H38O6. The SMILES string of the molecule is CCCC(C)C(OCCOCCOCC)OCCOCCOCC. The molecule has 6 heteroatoms. The Hall–Kier alpha value is -0.240. The standard InChI is InChI=1S/C18H38O6/c1-5-8-17(4)18(23-15-13-21-11-9-19-6-2)24-16-14-22-12-10-20-7-3/h17-18H,5-16H2,1-4H3. The van der Waals surface area contributed by atoms with Crippen LogP contribution in [0.4, 0.5) is 0 Å². The minimum absolute atomic E-state index is 0.212. The van der Waals surface area contributed by atoms with E-state index in [1.165, 1.54) is 0 Å². The van der Waals surface area contributed by atoms with Crippen LogP contribution in [0.1, 0.15) is 40.5 Å². The maximum atomic E-state index is 5.84. The topological polar surface area (TPSA) is 55.4 Å². The molecule has 0 spiro atoms. The molecule has 0 saturated heterocycles. The molecular weight excluding hydrogens is 312 g/mol. The van der Waals surface area contributed by atoms with Crippen LogP contribution in [0.15, 0.2) is 0 Å². The first-order valence-electron chi connectivity index (χ1n) is 9.30. The van der Waals surface area contributed by atoms with Gasteiger partial charge in [-0.15, -0.1) is 0 Å². The van der Waals surface area contributed by atoms with Crippen molar-refractivity contribution in [3.63, 3.8) is 0 Å². The second-order valence-electron chi connectivity index (χ2n) is 5.49. The molecule has 0 aliphatic rings. The van der Waals surface area contributed by atoms with E-state index in [0.29, 0.717) is 58.8 Å². The highest BCUT2D eigenvalue weighted by Gasteiger charge is 2.17. The molecule has 0 aromatic rings. The second-order valence-corrected chi connectivity index (χ2v) is 5.49. The average molecular weight is 350 g/mol. The third-order valence-electron chi connectivity index (χ3n) is 3.38. The maximum Gasteiger partial charge on any atom is 0.160 e. The normalized spacial score (nSPS) is 12.9. The fourth-order valence-corrected chi connectivity index (χ4v) is 2.14. The van der Waals surface area contributed by atoms with Crippen LogP contribution in [0, 0.1) is 5.92 Å². The van der Waals surface area contributed by atoms with E-state index in [-0.39, 0.29) is 6.29 Å². The lowest BCUT2D eigenvalue weighted by atomic mass is 10.1. The molecule has 146 valence electrons. The van der Waals surface area contributed by atoms with Crippen LogP contribution >= 0.6 is 0 Å². The van der Waals surface area contributed by atoms with E-state index in [4.69, 9.17) is 28.4 Å². The molecule has 0 saturated carbocycles. The maximum absolute atomic E-state index is 5.84. The molecule has 0 bridgehead atoms. The van der Waals surface area contributed by atoms with Gasteiger partial charge in [0, 0.05) is 19.1 Å². The van der Waals surface area contributed by atoms with Gasteiger partial charge in [-0.1, -0.05) is 20.3 Å². The first-order valence-corrected chi connectivity index (χ1v) is 9.30. The molecule has 0 rings (SSSR count). The van der Waals surface area contributed by atoms with Crippen molar-refractivity contribution in [2.24, 2.45) is 5.92 Å². The molecule has 0 N–H and O–H groups in total. The number of hydrogen-bond donors (Lipinski definition) is 0. The fourth-order valence-electron chi connectivity index (χ4n) is 2.14. The van der Waals surface area contributed by atoms with Crippen LogP contribution in [0.5, 0.6) is 0 Å². The van der Waals surface area contributed by atoms with Crippen LogP contribution < -0.4 is 0 Å². The van der Waals surface area contributed by atoms with Crippen LogP contribution in [0.25, 0.3) is 0 Å². The zero-order chi connectivity index (χ0) is 17.9. The number of rotatable bonds is 19. The highest BCUT2D eigenvalue weighted by atomic mass is 16.7. The quantitative estimate of drug-likeness (QED) is 0.264. The minimum Gasteiger partial charge on any atom is -0.379 e. The summed E-state index contributed by atoms with van der Waals surface area (Å²) >= 11 is 0. The smallest absolute Gasteiger partial charge is 0.160 e. The second kappa shape index (κ2) is 19.1. The third-order valence-corrected chi connectivity index (χ3v) is 3.38. The van der Waals surface area contributed by atoms with Crippen molar-refractivity contribution in [2.75, 3.05) is 66.1 Å². The molecule has 0 aromatic carbocycles. The average Bonchev–Trinajstić information content (AvgIpc) is 2.58. The van der Waals surface area contributed by atoms with Crippen molar-refractivity contribution in [3.05, 3.63) is 0 Å². The summed E-state index contributed by atoms with van der Waals surface area (Å²) < 4.78 is 33.0. The summed E-state index contributed by atoms with van der Waals surface area (Å²) in [5.74, 6) is 0.349. The van der Waals surface area contributed by atoms with Crippen LogP contribution in [-0.2, 0) is 28.4 Å². The molecule has 0 radical (unpaired) electrons. The van der Waals surface area contributed by atoms with E-state index in [1.807, 2.05) is 13.8 Å². The van der Waals surface area contributed by atoms with Crippen molar-refractivity contribution >= 4 is 0 Å². The van der Waals surface area contributed by atoms with Crippen molar-refractivity contribution in [3.8, 4) is 0 Å². The van der Waals surface area contributed by atoms with E-state index in [0.717, 1.165) is 26.1 Å². The first kappa shape index (κ1) is 23.8. The van der Waals surface area contributed by atoms with Gasteiger partial charge in [0.25, 0.3) is 0 Å². The predicted octanol–water partition coefficient (Wildman–Crippen LogP) is 2.89. The molecule has 0 aliphatic carbocycles. The lowest BCUT2D eigenvalue weighted by Crippen LogP contribution is -2.28. The highest BCUT2D eigenvalue weighted by molar-refractivity contribution is 4.57. The van der Waals surface area contributed by atoms with Gasteiger partial charge in [0.15, 0.2) is 6.29 Å². The van der Waals surface area contributed by atoms with Gasteiger partial charge in [-0.3, -0.25) is 0 Å². The lowest BCUT2D eigenvalue weighted by molar-refractivity contribution is -0.183. The Balaban J connectivity index is 3.77. The molecule has 0 aliphatic heterocycles. The van der Waals surface area contributed by atoms with Gasteiger partial charge in [-0.25, -0.2) is 0 Å². The monoisotopic (exact) mass is 350 g/mol. The summed E-state index contributed by atoms with van der Waals surface area (Å²) in [6.45, 7) is 14.3. The van der Waals surface area contributed by atoms with Crippen molar-refractivity contribution in [1.29, 1.82) is 0 Å². The first-order chi connectivity index (χ1) is 11.8. The Morgan fingerprint density at radius 2 is 1.00 bits per heavy atom. The van der Waals surface area contributed by atoms with Crippen molar-refractivity contribution in [1.82, 2.24) is 0 Å². The van der Waals surface area contributed by atoms with Crippen LogP contribution in [0.3, 0.4) is 0 Å². The minimum atomic E-state index is -0.212. The van der Waals surface area contributed by atoms with E-state index in [9.17, 15) is 0 Å². The van der Waals surface area contributed by atoms with E-state index in [2.05, 4.69) is 13.8 Å². The van der Waals surface area contributed by atoms with E-state index < -0.39 is 0 Å². The van der Waals surface area contributed by atoms with Crippen molar-refractivity contribution in [2.45, 2.75) is 46.8 Å². The Morgan fingerprint density at radius 1 is 0.583 bits per heavy atom. The van der Waals surface area contributed by atoms with Gasteiger partial charge >= 0.3 is 0 Å². The summed E-state index contributed by atoms with van der Waals surface area (Å²) in [5.41, 5.74) is 0. The van der Waals surface area contributed by atoms with Crippen molar-refractivity contribution < 1.29 is 28.4 Å². The number of ether oxygens (including phenoxy) is 6. The van der Waals surface area contributed by atoms with E-state index >= 15 is 0 Å². The summed E-state index contributed by atoms with van der Waals surface area (Å²) in [6.07, 6.45) is 1.97. The fraction of sp³-hybridized carbons (Fsp3) is 1.00. The van der Waals surface area contributed by atoms with Gasteiger partial charge in [-0.2, -0.15) is 0 Å². The summed E-state index contributed by atoms with van der Waals surface area (Å²) in [5, 5.41) is 0. The molecule has 0 amide bonds. The molecule has 0 aromatic heterocycles. The van der Waals surface area contributed by atoms with Gasteiger partial charge in [-0.05, 0) is 20.3 Å². The Labute approximate surface area is 148 Å². The summed E-state index contributed by atoms with van der Waals surface area (Å²) in [6, 6.07) is 0. The van der Waals surface area contributed by atoms with Gasteiger partial charge in [0.1, 0.15) is 0 Å². The van der Waals surface area contributed by atoms with Gasteiger partial charge < -0.3 is 28.4 Å².